The van der Waals surface area contributed by atoms with E-state index in [-0.39, 0.29) is 18.3 Å². The van der Waals surface area contributed by atoms with Gasteiger partial charge in [-0.2, -0.15) is 0 Å². The molecule has 0 spiro atoms. The standard InChI is InChI=1S/C19H32N4O4S/c1-14(17-12-16(26-3)8-9-18(17)27-4)23-19(20-2)21-10-11-28(24,25)22-13-15-6-5-7-15/h8-9,12,14-15,22H,5-7,10-11,13H2,1-4H3,(H2,20,21,23). The molecule has 9 heteroatoms. The lowest BCUT2D eigenvalue weighted by molar-refractivity contribution is 0.316. The van der Waals surface area contributed by atoms with E-state index in [2.05, 4.69) is 20.3 Å². The quantitative estimate of drug-likeness (QED) is 0.399. The summed E-state index contributed by atoms with van der Waals surface area (Å²) in [5.41, 5.74) is 0.916. The molecular formula is C19H32N4O4S. The molecule has 1 atom stereocenters. The van der Waals surface area contributed by atoms with Crippen LogP contribution in [0.25, 0.3) is 0 Å². The van der Waals surface area contributed by atoms with E-state index in [1.165, 1.54) is 6.42 Å². The highest BCUT2D eigenvalue weighted by molar-refractivity contribution is 7.89. The first-order valence-corrected chi connectivity index (χ1v) is 11.2. The molecule has 3 N–H and O–H groups in total. The van der Waals surface area contributed by atoms with E-state index in [4.69, 9.17) is 9.47 Å². The number of nitrogens with one attached hydrogen (secondary N) is 3. The number of rotatable bonds is 10. The zero-order valence-corrected chi connectivity index (χ0v) is 17.9. The van der Waals surface area contributed by atoms with Gasteiger partial charge in [0.2, 0.25) is 10.0 Å². The minimum atomic E-state index is -3.29. The summed E-state index contributed by atoms with van der Waals surface area (Å²) >= 11 is 0. The van der Waals surface area contributed by atoms with Crippen molar-refractivity contribution in [2.75, 3.05) is 40.1 Å². The number of aliphatic imine (C=N–C) groups is 1. The lowest BCUT2D eigenvalue weighted by Crippen LogP contribution is -2.42. The van der Waals surface area contributed by atoms with Crippen LogP contribution in [0.4, 0.5) is 0 Å². The summed E-state index contributed by atoms with van der Waals surface area (Å²) in [6.07, 6.45) is 3.43. The SMILES string of the molecule is CN=C(NCCS(=O)(=O)NCC1CCC1)NC(C)c1cc(OC)ccc1OC. The molecule has 0 bridgehead atoms. The van der Waals surface area contributed by atoms with Gasteiger partial charge in [-0.15, -0.1) is 0 Å². The third kappa shape index (κ3) is 6.56. The van der Waals surface area contributed by atoms with Crippen molar-refractivity contribution < 1.29 is 17.9 Å². The first kappa shape index (κ1) is 22.3. The second-order valence-electron chi connectivity index (χ2n) is 6.94. The molecule has 28 heavy (non-hydrogen) atoms. The summed E-state index contributed by atoms with van der Waals surface area (Å²) in [6.45, 7) is 2.78. The smallest absolute Gasteiger partial charge is 0.213 e. The second kappa shape index (κ2) is 10.5. The van der Waals surface area contributed by atoms with E-state index in [0.29, 0.717) is 18.4 Å². The molecule has 0 radical (unpaired) electrons. The summed E-state index contributed by atoms with van der Waals surface area (Å²) < 4.78 is 37.6. The number of hydrogen-bond acceptors (Lipinski definition) is 5. The van der Waals surface area contributed by atoms with Gasteiger partial charge in [-0.1, -0.05) is 6.42 Å². The molecule has 2 rings (SSSR count). The van der Waals surface area contributed by atoms with Crippen LogP contribution in [0.5, 0.6) is 11.5 Å². The van der Waals surface area contributed by atoms with Crippen molar-refractivity contribution >= 4 is 16.0 Å². The van der Waals surface area contributed by atoms with Gasteiger partial charge in [-0.25, -0.2) is 13.1 Å². The fourth-order valence-corrected chi connectivity index (χ4v) is 3.98. The summed E-state index contributed by atoms with van der Waals surface area (Å²) in [6, 6.07) is 5.47. The number of hydrogen-bond donors (Lipinski definition) is 3. The van der Waals surface area contributed by atoms with Gasteiger partial charge in [0.25, 0.3) is 0 Å². The maximum absolute atomic E-state index is 12.1. The number of ether oxygens (including phenoxy) is 2. The maximum Gasteiger partial charge on any atom is 0.213 e. The summed E-state index contributed by atoms with van der Waals surface area (Å²) in [5, 5.41) is 6.31. The van der Waals surface area contributed by atoms with Crippen molar-refractivity contribution in [1.82, 2.24) is 15.4 Å². The van der Waals surface area contributed by atoms with Crippen LogP contribution < -0.4 is 24.8 Å². The predicted molar refractivity (Wildman–Crippen MR) is 112 cm³/mol. The van der Waals surface area contributed by atoms with Gasteiger partial charge >= 0.3 is 0 Å². The van der Waals surface area contributed by atoms with Gasteiger partial charge in [-0.3, -0.25) is 4.99 Å². The van der Waals surface area contributed by atoms with E-state index >= 15 is 0 Å². The molecule has 158 valence electrons. The largest absolute Gasteiger partial charge is 0.497 e. The van der Waals surface area contributed by atoms with Gasteiger partial charge in [0, 0.05) is 25.7 Å². The molecule has 0 amide bonds. The highest BCUT2D eigenvalue weighted by Gasteiger charge is 2.20. The lowest BCUT2D eigenvalue weighted by Gasteiger charge is -2.25. The normalized spacial score (nSPS) is 16.2. The topological polar surface area (TPSA) is 101 Å². The van der Waals surface area contributed by atoms with E-state index < -0.39 is 10.0 Å². The van der Waals surface area contributed by atoms with Crippen molar-refractivity contribution in [3.05, 3.63) is 23.8 Å². The van der Waals surface area contributed by atoms with E-state index in [0.717, 1.165) is 29.9 Å². The van der Waals surface area contributed by atoms with Crippen LogP contribution in [0, 0.1) is 5.92 Å². The van der Waals surface area contributed by atoms with E-state index in [1.54, 1.807) is 21.3 Å². The number of nitrogens with zero attached hydrogens (tertiary/aromatic N) is 1. The Morgan fingerprint density at radius 3 is 2.61 bits per heavy atom. The van der Waals surface area contributed by atoms with Crippen molar-refractivity contribution in [2.45, 2.75) is 32.2 Å². The van der Waals surface area contributed by atoms with Gasteiger partial charge in [-0.05, 0) is 43.9 Å². The molecular weight excluding hydrogens is 380 g/mol. The zero-order chi connectivity index (χ0) is 20.6. The summed E-state index contributed by atoms with van der Waals surface area (Å²) in [4.78, 5) is 4.17. The fourth-order valence-electron chi connectivity index (χ4n) is 2.97. The number of guanidine groups is 1. The van der Waals surface area contributed by atoms with Crippen molar-refractivity contribution in [1.29, 1.82) is 0 Å². The molecule has 1 aliphatic rings. The van der Waals surface area contributed by atoms with E-state index in [1.807, 2.05) is 25.1 Å². The Balaban J connectivity index is 1.86. The van der Waals surface area contributed by atoms with E-state index in [9.17, 15) is 8.42 Å². The minimum Gasteiger partial charge on any atom is -0.497 e. The Bertz CT molecular complexity index is 763. The molecule has 0 aromatic heterocycles. The Morgan fingerprint density at radius 1 is 1.29 bits per heavy atom. The first-order chi connectivity index (χ1) is 13.4. The van der Waals surface area contributed by atoms with Crippen LogP contribution in [-0.4, -0.2) is 54.5 Å². The van der Waals surface area contributed by atoms with Crippen molar-refractivity contribution in [3.8, 4) is 11.5 Å². The highest BCUT2D eigenvalue weighted by atomic mass is 32.2. The molecule has 1 aliphatic carbocycles. The van der Waals surface area contributed by atoms with Crippen LogP contribution in [0.3, 0.4) is 0 Å². The molecule has 1 aromatic rings. The average molecular weight is 413 g/mol. The van der Waals surface area contributed by atoms with Gasteiger partial charge in [0.15, 0.2) is 5.96 Å². The number of methoxy groups -OCH3 is 2. The molecule has 0 aliphatic heterocycles. The molecule has 8 nitrogen and oxygen atoms in total. The summed E-state index contributed by atoms with van der Waals surface area (Å²) in [7, 11) is 1.59. The Morgan fingerprint density at radius 2 is 2.04 bits per heavy atom. The summed E-state index contributed by atoms with van der Waals surface area (Å²) in [5.74, 6) is 2.48. The molecule has 1 unspecified atom stereocenters. The monoisotopic (exact) mass is 412 g/mol. The van der Waals surface area contributed by atoms with Gasteiger partial charge < -0.3 is 20.1 Å². The molecule has 0 saturated heterocycles. The van der Waals surface area contributed by atoms with Crippen molar-refractivity contribution in [2.24, 2.45) is 10.9 Å². The molecule has 1 aromatic carbocycles. The molecule has 0 heterocycles. The third-order valence-corrected chi connectivity index (χ3v) is 6.31. The molecule has 1 saturated carbocycles. The fraction of sp³-hybridized carbons (Fsp3) is 0.632. The maximum atomic E-state index is 12.1. The van der Waals surface area contributed by atoms with Gasteiger partial charge in [0.05, 0.1) is 26.0 Å². The Kier molecular flexibility index (Phi) is 8.37. The Labute approximate surface area is 168 Å². The number of sulfonamides is 1. The predicted octanol–water partition coefficient (Wildman–Crippen LogP) is 1.65. The third-order valence-electron chi connectivity index (χ3n) is 4.96. The number of benzene rings is 1. The van der Waals surface area contributed by atoms with Crippen LogP contribution in [0.1, 0.15) is 37.8 Å². The van der Waals surface area contributed by atoms with Crippen LogP contribution >= 0.6 is 0 Å². The average Bonchev–Trinajstić information content (AvgIpc) is 2.64. The first-order valence-electron chi connectivity index (χ1n) is 9.55. The van der Waals surface area contributed by atoms with Crippen molar-refractivity contribution in [3.63, 3.8) is 0 Å². The van der Waals surface area contributed by atoms with Crippen LogP contribution in [0.2, 0.25) is 0 Å². The van der Waals surface area contributed by atoms with Gasteiger partial charge in [0.1, 0.15) is 11.5 Å². The minimum absolute atomic E-state index is 0.00270. The zero-order valence-electron chi connectivity index (χ0n) is 17.1. The Hall–Kier alpha value is -2.00. The second-order valence-corrected chi connectivity index (χ2v) is 8.86. The lowest BCUT2D eigenvalue weighted by atomic mass is 9.86. The van der Waals surface area contributed by atoms with Crippen LogP contribution in [-0.2, 0) is 10.0 Å². The highest BCUT2D eigenvalue weighted by Crippen LogP contribution is 2.29. The molecule has 1 fully saturated rings. The van der Waals surface area contributed by atoms with Crippen LogP contribution in [0.15, 0.2) is 23.2 Å².